The van der Waals surface area contributed by atoms with Crippen LogP contribution in [0.1, 0.15) is 35.4 Å². The van der Waals surface area contributed by atoms with Gasteiger partial charge >= 0.3 is 0 Å². The van der Waals surface area contributed by atoms with Gasteiger partial charge in [-0.1, -0.05) is 60.2 Å². The highest BCUT2D eigenvalue weighted by Gasteiger charge is 2.13. The highest BCUT2D eigenvalue weighted by molar-refractivity contribution is 5.34. The molecule has 1 heteroatoms. The first kappa shape index (κ1) is 12.8. The first-order valence-electron chi connectivity index (χ1n) is 6.53. The lowest BCUT2D eigenvalue weighted by Gasteiger charge is -2.18. The van der Waals surface area contributed by atoms with E-state index in [2.05, 4.69) is 55.5 Å². The van der Waals surface area contributed by atoms with Gasteiger partial charge in [-0.15, -0.1) is 0 Å². The fourth-order valence-corrected chi connectivity index (χ4v) is 2.39. The van der Waals surface area contributed by atoms with E-state index in [0.717, 1.165) is 12.8 Å². The van der Waals surface area contributed by atoms with E-state index in [1.807, 2.05) is 6.07 Å². The molecule has 0 spiro atoms. The molecule has 0 fully saturated rings. The predicted molar refractivity (Wildman–Crippen MR) is 75.8 cm³/mol. The molecule has 1 atom stereocenters. The van der Waals surface area contributed by atoms with Crippen LogP contribution in [0.15, 0.2) is 54.6 Å². The summed E-state index contributed by atoms with van der Waals surface area (Å²) in [5.41, 5.74) is 3.96. The standard InChI is InChI=1S/C17H20O/c1-14-7-5-10-16(13-14)17(11-6-12-18)15-8-3-2-4-9-15/h2-5,7-10,13,17-18H,6,11-12H2,1H3. The first-order chi connectivity index (χ1) is 8.81. The van der Waals surface area contributed by atoms with Crippen molar-refractivity contribution in [2.75, 3.05) is 6.61 Å². The predicted octanol–water partition coefficient (Wildman–Crippen LogP) is 3.90. The van der Waals surface area contributed by atoms with E-state index in [-0.39, 0.29) is 6.61 Å². The zero-order chi connectivity index (χ0) is 12.8. The minimum absolute atomic E-state index is 0.259. The quantitative estimate of drug-likeness (QED) is 0.840. The van der Waals surface area contributed by atoms with Gasteiger partial charge in [-0.3, -0.25) is 0 Å². The smallest absolute Gasteiger partial charge is 0.0431 e. The van der Waals surface area contributed by atoms with E-state index in [9.17, 15) is 0 Å². The van der Waals surface area contributed by atoms with Crippen LogP contribution in [-0.4, -0.2) is 11.7 Å². The van der Waals surface area contributed by atoms with Gasteiger partial charge < -0.3 is 5.11 Å². The molecule has 0 aliphatic heterocycles. The molecular weight excluding hydrogens is 220 g/mol. The molecule has 18 heavy (non-hydrogen) atoms. The Morgan fingerprint density at radius 2 is 1.67 bits per heavy atom. The summed E-state index contributed by atoms with van der Waals surface area (Å²) in [5, 5.41) is 9.06. The summed E-state index contributed by atoms with van der Waals surface area (Å²) in [6, 6.07) is 19.2. The molecule has 2 aromatic rings. The third kappa shape index (κ3) is 3.21. The molecular formula is C17H20O. The van der Waals surface area contributed by atoms with Crippen molar-refractivity contribution in [1.29, 1.82) is 0 Å². The maximum Gasteiger partial charge on any atom is 0.0431 e. The molecule has 0 saturated heterocycles. The lowest BCUT2D eigenvalue weighted by Crippen LogP contribution is -2.02. The highest BCUT2D eigenvalue weighted by atomic mass is 16.2. The summed E-state index contributed by atoms with van der Waals surface area (Å²) in [4.78, 5) is 0. The van der Waals surface area contributed by atoms with Gasteiger partial charge in [0.25, 0.3) is 0 Å². The molecule has 2 aromatic carbocycles. The van der Waals surface area contributed by atoms with E-state index >= 15 is 0 Å². The second kappa shape index (κ2) is 6.36. The van der Waals surface area contributed by atoms with Gasteiger partial charge in [-0.25, -0.2) is 0 Å². The van der Waals surface area contributed by atoms with Gasteiger partial charge in [0.15, 0.2) is 0 Å². The molecule has 0 saturated carbocycles. The first-order valence-corrected chi connectivity index (χ1v) is 6.53. The third-order valence-corrected chi connectivity index (χ3v) is 3.30. The van der Waals surface area contributed by atoms with Crippen LogP contribution in [0.25, 0.3) is 0 Å². The Balaban J connectivity index is 2.31. The average molecular weight is 240 g/mol. The zero-order valence-electron chi connectivity index (χ0n) is 10.8. The Morgan fingerprint density at radius 3 is 2.33 bits per heavy atom. The molecule has 0 bridgehead atoms. The lowest BCUT2D eigenvalue weighted by molar-refractivity contribution is 0.282. The molecule has 2 rings (SSSR count). The Labute approximate surface area is 109 Å². The second-order valence-corrected chi connectivity index (χ2v) is 4.74. The number of aliphatic hydroxyl groups excluding tert-OH is 1. The maximum atomic E-state index is 9.06. The van der Waals surface area contributed by atoms with Gasteiger partial charge in [0.05, 0.1) is 0 Å². The van der Waals surface area contributed by atoms with Crippen molar-refractivity contribution >= 4 is 0 Å². The minimum atomic E-state index is 0.259. The van der Waals surface area contributed by atoms with E-state index in [1.54, 1.807) is 0 Å². The third-order valence-electron chi connectivity index (χ3n) is 3.30. The zero-order valence-corrected chi connectivity index (χ0v) is 10.8. The fraction of sp³-hybridized carbons (Fsp3) is 0.294. The molecule has 0 aromatic heterocycles. The largest absolute Gasteiger partial charge is 0.396 e. The summed E-state index contributed by atoms with van der Waals surface area (Å²) >= 11 is 0. The molecule has 0 aliphatic rings. The minimum Gasteiger partial charge on any atom is -0.396 e. The van der Waals surface area contributed by atoms with E-state index < -0.39 is 0 Å². The summed E-state index contributed by atoms with van der Waals surface area (Å²) < 4.78 is 0. The molecule has 1 nitrogen and oxygen atoms in total. The van der Waals surface area contributed by atoms with Crippen molar-refractivity contribution in [1.82, 2.24) is 0 Å². The monoisotopic (exact) mass is 240 g/mol. The molecule has 0 amide bonds. The Hall–Kier alpha value is -1.60. The average Bonchev–Trinajstić information content (AvgIpc) is 2.40. The van der Waals surface area contributed by atoms with Crippen LogP contribution in [0.2, 0.25) is 0 Å². The van der Waals surface area contributed by atoms with Crippen LogP contribution in [-0.2, 0) is 0 Å². The van der Waals surface area contributed by atoms with Crippen molar-refractivity contribution in [3.05, 3.63) is 71.3 Å². The van der Waals surface area contributed by atoms with E-state index in [4.69, 9.17) is 5.11 Å². The maximum absolute atomic E-state index is 9.06. The normalized spacial score (nSPS) is 12.3. The number of benzene rings is 2. The van der Waals surface area contributed by atoms with Crippen LogP contribution in [0.5, 0.6) is 0 Å². The molecule has 1 N–H and O–H groups in total. The van der Waals surface area contributed by atoms with Crippen LogP contribution in [0, 0.1) is 6.92 Å². The number of aryl methyl sites for hydroxylation is 1. The summed E-state index contributed by atoms with van der Waals surface area (Å²) in [6.45, 7) is 2.38. The van der Waals surface area contributed by atoms with Crippen molar-refractivity contribution < 1.29 is 5.11 Å². The number of aliphatic hydroxyl groups is 1. The second-order valence-electron chi connectivity index (χ2n) is 4.74. The molecule has 1 unspecified atom stereocenters. The number of hydrogen-bond donors (Lipinski definition) is 1. The Bertz CT molecular complexity index is 476. The van der Waals surface area contributed by atoms with Gasteiger partial charge in [0.1, 0.15) is 0 Å². The van der Waals surface area contributed by atoms with Crippen molar-refractivity contribution in [3.63, 3.8) is 0 Å². The van der Waals surface area contributed by atoms with Gasteiger partial charge in [-0.2, -0.15) is 0 Å². The van der Waals surface area contributed by atoms with Crippen molar-refractivity contribution in [2.24, 2.45) is 0 Å². The molecule has 0 aliphatic carbocycles. The number of hydrogen-bond acceptors (Lipinski definition) is 1. The van der Waals surface area contributed by atoms with Crippen molar-refractivity contribution in [3.8, 4) is 0 Å². The van der Waals surface area contributed by atoms with Crippen LogP contribution in [0.4, 0.5) is 0 Å². The lowest BCUT2D eigenvalue weighted by atomic mass is 9.87. The molecule has 0 radical (unpaired) electrons. The van der Waals surface area contributed by atoms with Gasteiger partial charge in [-0.05, 0) is 30.9 Å². The fourth-order valence-electron chi connectivity index (χ4n) is 2.39. The summed E-state index contributed by atoms with van der Waals surface area (Å²) in [5.74, 6) is 0.387. The topological polar surface area (TPSA) is 20.2 Å². The van der Waals surface area contributed by atoms with Crippen molar-refractivity contribution in [2.45, 2.75) is 25.7 Å². The Morgan fingerprint density at radius 1 is 0.944 bits per heavy atom. The summed E-state index contributed by atoms with van der Waals surface area (Å²) in [7, 11) is 0. The van der Waals surface area contributed by atoms with E-state index in [0.29, 0.717) is 5.92 Å². The SMILES string of the molecule is Cc1cccc(C(CCCO)c2ccccc2)c1. The molecule has 94 valence electrons. The van der Waals surface area contributed by atoms with Gasteiger partial charge in [0.2, 0.25) is 0 Å². The van der Waals surface area contributed by atoms with Gasteiger partial charge in [0, 0.05) is 12.5 Å². The van der Waals surface area contributed by atoms with Crippen LogP contribution >= 0.6 is 0 Å². The summed E-state index contributed by atoms with van der Waals surface area (Å²) in [6.07, 6.45) is 1.83. The van der Waals surface area contributed by atoms with Crippen LogP contribution < -0.4 is 0 Å². The van der Waals surface area contributed by atoms with Crippen LogP contribution in [0.3, 0.4) is 0 Å². The highest BCUT2D eigenvalue weighted by Crippen LogP contribution is 2.29. The number of rotatable bonds is 5. The molecule has 0 heterocycles. The Kier molecular flexibility index (Phi) is 4.54. The van der Waals surface area contributed by atoms with E-state index in [1.165, 1.54) is 16.7 Å².